The number of aromatic nitrogens is 2. The second-order valence-corrected chi connectivity index (χ2v) is 7.37. The molecule has 2 aromatic carbocycles. The lowest BCUT2D eigenvalue weighted by molar-refractivity contribution is -0.140. The minimum Gasteiger partial charge on any atom is -0.497 e. The van der Waals surface area contributed by atoms with E-state index in [0.29, 0.717) is 10.8 Å². The first-order valence-corrected chi connectivity index (χ1v) is 9.34. The van der Waals surface area contributed by atoms with Crippen molar-refractivity contribution in [3.05, 3.63) is 54.2 Å². The van der Waals surface area contributed by atoms with Crippen LogP contribution in [0, 0.1) is 0 Å². The molecule has 0 spiro atoms. The van der Waals surface area contributed by atoms with Gasteiger partial charge in [0.25, 0.3) is 10.0 Å². The molecular weight excluding hydrogens is 397 g/mol. The molecule has 0 atom stereocenters. The van der Waals surface area contributed by atoms with Gasteiger partial charge in [-0.3, -0.25) is 5.01 Å². The Kier molecular flexibility index (Phi) is 5.13. The van der Waals surface area contributed by atoms with Crippen molar-refractivity contribution in [1.29, 1.82) is 0 Å². The van der Waals surface area contributed by atoms with Crippen LogP contribution in [0.15, 0.2) is 53.4 Å². The maximum absolute atomic E-state index is 13.5. The molecule has 0 bridgehead atoms. The second-order valence-electron chi connectivity index (χ2n) is 5.71. The van der Waals surface area contributed by atoms with Crippen molar-refractivity contribution in [2.24, 2.45) is 0 Å². The van der Waals surface area contributed by atoms with Gasteiger partial charge in [0.05, 0.1) is 23.0 Å². The summed E-state index contributed by atoms with van der Waals surface area (Å²) in [4.78, 5) is 9.47. The van der Waals surface area contributed by atoms with Crippen molar-refractivity contribution in [3.8, 4) is 5.75 Å². The zero-order valence-corrected chi connectivity index (χ0v) is 15.5. The predicted molar refractivity (Wildman–Crippen MR) is 96.3 cm³/mol. The van der Waals surface area contributed by atoms with E-state index in [1.54, 1.807) is 6.07 Å². The minimum absolute atomic E-state index is 0.0463. The highest BCUT2D eigenvalue weighted by molar-refractivity contribution is 7.89. The van der Waals surface area contributed by atoms with Gasteiger partial charge in [0.2, 0.25) is 0 Å². The third-order valence-electron chi connectivity index (χ3n) is 3.77. The van der Waals surface area contributed by atoms with E-state index in [0.717, 1.165) is 7.05 Å². The van der Waals surface area contributed by atoms with Crippen LogP contribution < -0.4 is 14.6 Å². The number of methoxy groups -OCH3 is 1. The van der Waals surface area contributed by atoms with Gasteiger partial charge in [0.15, 0.2) is 11.5 Å². The normalized spacial score (nSPS) is 12.2. The fraction of sp³-hybridized carbons (Fsp3) is 0.176. The van der Waals surface area contributed by atoms with E-state index >= 15 is 0 Å². The van der Waals surface area contributed by atoms with Crippen LogP contribution in [0.4, 0.5) is 19.0 Å². The molecule has 0 aliphatic rings. The largest absolute Gasteiger partial charge is 0.497 e. The molecule has 1 N–H and O–H groups in total. The Morgan fingerprint density at radius 2 is 1.57 bits per heavy atom. The zero-order valence-electron chi connectivity index (χ0n) is 14.7. The predicted octanol–water partition coefficient (Wildman–Crippen LogP) is 2.99. The number of anilines is 1. The summed E-state index contributed by atoms with van der Waals surface area (Å²) >= 11 is 0. The van der Waals surface area contributed by atoms with Gasteiger partial charge in [0.1, 0.15) is 5.75 Å². The van der Waals surface area contributed by atoms with Gasteiger partial charge in [-0.2, -0.15) is 13.2 Å². The maximum Gasteiger partial charge on any atom is 0.437 e. The Labute approximate surface area is 158 Å². The van der Waals surface area contributed by atoms with Crippen molar-refractivity contribution < 1.29 is 26.3 Å². The van der Waals surface area contributed by atoms with E-state index < -0.39 is 27.7 Å². The third-order valence-corrected chi connectivity index (χ3v) is 5.17. The summed E-state index contributed by atoms with van der Waals surface area (Å²) in [6, 6.07) is 11.4. The lowest BCUT2D eigenvalue weighted by Crippen LogP contribution is -2.41. The first kappa shape index (κ1) is 19.8. The molecule has 0 unspecified atom stereocenters. The summed E-state index contributed by atoms with van der Waals surface area (Å²) in [7, 11) is -1.62. The highest BCUT2D eigenvalue weighted by atomic mass is 32.2. The Bertz CT molecular complexity index is 1100. The number of hydrogen-bond acceptors (Lipinski definition) is 6. The molecule has 1 heterocycles. The molecule has 0 aliphatic carbocycles. The average Bonchev–Trinajstić information content (AvgIpc) is 2.66. The van der Waals surface area contributed by atoms with Crippen LogP contribution in [0.1, 0.15) is 5.69 Å². The SMILES string of the molecule is COc1ccc(S(=O)(=O)NN(C)c2nc3ccccc3nc2C(F)(F)F)cc1. The summed E-state index contributed by atoms with van der Waals surface area (Å²) < 4.78 is 70.4. The highest BCUT2D eigenvalue weighted by Gasteiger charge is 2.38. The monoisotopic (exact) mass is 412 g/mol. The third kappa shape index (κ3) is 3.99. The lowest BCUT2D eigenvalue weighted by atomic mass is 10.2. The van der Waals surface area contributed by atoms with E-state index in [4.69, 9.17) is 4.74 Å². The van der Waals surface area contributed by atoms with Crippen LogP contribution in [0.25, 0.3) is 11.0 Å². The Balaban J connectivity index is 2.01. The zero-order chi connectivity index (χ0) is 20.5. The van der Waals surface area contributed by atoms with Crippen LogP contribution in [-0.4, -0.2) is 32.5 Å². The lowest BCUT2D eigenvalue weighted by Gasteiger charge is -2.22. The fourth-order valence-corrected chi connectivity index (χ4v) is 3.49. The van der Waals surface area contributed by atoms with Gasteiger partial charge in [-0.1, -0.05) is 12.1 Å². The number of nitrogens with zero attached hydrogens (tertiary/aromatic N) is 3. The molecule has 1 aromatic heterocycles. The van der Waals surface area contributed by atoms with Gasteiger partial charge in [-0.05, 0) is 36.4 Å². The van der Waals surface area contributed by atoms with E-state index in [9.17, 15) is 21.6 Å². The van der Waals surface area contributed by atoms with Gasteiger partial charge in [-0.15, -0.1) is 4.83 Å². The Morgan fingerprint density at radius 1 is 1.00 bits per heavy atom. The van der Waals surface area contributed by atoms with Crippen LogP contribution in [0.2, 0.25) is 0 Å². The molecule has 11 heteroatoms. The fourth-order valence-electron chi connectivity index (χ4n) is 2.45. The van der Waals surface area contributed by atoms with E-state index in [-0.39, 0.29) is 15.9 Å². The molecule has 148 valence electrons. The minimum atomic E-state index is -4.83. The van der Waals surface area contributed by atoms with Crippen LogP contribution >= 0.6 is 0 Å². The maximum atomic E-state index is 13.5. The van der Waals surface area contributed by atoms with E-state index in [2.05, 4.69) is 14.8 Å². The smallest absolute Gasteiger partial charge is 0.437 e. The van der Waals surface area contributed by atoms with Crippen molar-refractivity contribution >= 4 is 26.9 Å². The second kappa shape index (κ2) is 7.24. The number of para-hydroxylation sites is 2. The Hall–Kier alpha value is -2.92. The molecule has 0 amide bonds. The summed E-state index contributed by atoms with van der Waals surface area (Å²) in [6.07, 6.45) is -4.83. The summed E-state index contributed by atoms with van der Waals surface area (Å²) in [6.45, 7) is 0. The number of sulfonamides is 1. The van der Waals surface area contributed by atoms with Gasteiger partial charge >= 0.3 is 6.18 Å². The molecule has 0 radical (unpaired) electrons. The molecule has 0 fully saturated rings. The van der Waals surface area contributed by atoms with Gasteiger partial charge in [0, 0.05) is 7.05 Å². The summed E-state index contributed by atoms with van der Waals surface area (Å²) in [5.74, 6) is -0.227. The molecule has 28 heavy (non-hydrogen) atoms. The topological polar surface area (TPSA) is 84.4 Å². The first-order chi connectivity index (χ1) is 13.1. The summed E-state index contributed by atoms with van der Waals surface area (Å²) in [5, 5.41) is 0.682. The van der Waals surface area contributed by atoms with Crippen molar-refractivity contribution in [2.45, 2.75) is 11.1 Å². The van der Waals surface area contributed by atoms with Crippen molar-refractivity contribution in [3.63, 3.8) is 0 Å². The number of halogens is 3. The number of fused-ring (bicyclic) bond motifs is 1. The van der Waals surface area contributed by atoms with Crippen molar-refractivity contribution in [2.75, 3.05) is 19.2 Å². The Morgan fingerprint density at radius 3 is 2.11 bits per heavy atom. The molecule has 0 aliphatic heterocycles. The number of benzene rings is 2. The number of hydrazine groups is 1. The van der Waals surface area contributed by atoms with Crippen LogP contribution in [0.5, 0.6) is 5.75 Å². The molecule has 0 saturated carbocycles. The first-order valence-electron chi connectivity index (χ1n) is 7.86. The average molecular weight is 412 g/mol. The quantitative estimate of drug-likeness (QED) is 0.649. The molecule has 0 saturated heterocycles. The van der Waals surface area contributed by atoms with Crippen LogP contribution in [-0.2, 0) is 16.2 Å². The number of ether oxygens (including phenoxy) is 1. The molecule has 7 nitrogen and oxygen atoms in total. The van der Waals surface area contributed by atoms with Crippen molar-refractivity contribution in [1.82, 2.24) is 14.8 Å². The van der Waals surface area contributed by atoms with Crippen LogP contribution in [0.3, 0.4) is 0 Å². The number of hydrogen-bond donors (Lipinski definition) is 1. The molecule has 3 aromatic rings. The molecular formula is C17H15F3N4O3S. The number of nitrogens with one attached hydrogen (secondary N) is 1. The van der Waals surface area contributed by atoms with Gasteiger partial charge in [-0.25, -0.2) is 18.4 Å². The number of rotatable bonds is 5. The van der Waals surface area contributed by atoms with Gasteiger partial charge < -0.3 is 4.74 Å². The highest BCUT2D eigenvalue weighted by Crippen LogP contribution is 2.34. The number of alkyl halides is 3. The molecule has 3 rings (SSSR count). The summed E-state index contributed by atoms with van der Waals surface area (Å²) in [5.41, 5.74) is -1.06. The van der Waals surface area contributed by atoms with E-state index in [1.807, 2.05) is 0 Å². The van der Waals surface area contributed by atoms with E-state index in [1.165, 1.54) is 49.6 Å². The standard InChI is InChI=1S/C17H15F3N4O3S/c1-24(23-28(25,26)12-9-7-11(27-2)8-10-12)16-15(17(18,19)20)21-13-5-3-4-6-14(13)22-16/h3-10,23H,1-2H3.